The molecule has 16 aromatic rings. The molecule has 0 fully saturated rings. The van der Waals surface area contributed by atoms with Crippen LogP contribution in [-0.2, 0) is 145 Å². The Bertz CT molecular complexity index is 6500. The third-order valence-electron chi connectivity index (χ3n) is 17.8. The van der Waals surface area contributed by atoms with E-state index in [0.717, 1.165) is 65.8 Å². The Morgan fingerprint density at radius 1 is 0.360 bits per heavy atom. The van der Waals surface area contributed by atoms with E-state index in [1.165, 1.54) is 50.3 Å². The Hall–Kier alpha value is -9.34. The molecule has 0 spiro atoms. The second kappa shape index (κ2) is 57.1. The quantitative estimate of drug-likeness (QED) is 0.0295. The van der Waals surface area contributed by atoms with Crippen LogP contribution in [0.25, 0.3) is 86.9 Å². The normalized spacial score (nSPS) is 11.4. The van der Waals surface area contributed by atoms with E-state index in [4.69, 9.17) is 4.28 Å². The summed E-state index contributed by atoms with van der Waals surface area (Å²) in [4.78, 5) is 0. The zero-order valence-corrected chi connectivity index (χ0v) is 89.9. The maximum atomic E-state index is 12.0. The van der Waals surface area contributed by atoms with E-state index in [1.807, 2.05) is 72.8 Å². The van der Waals surface area contributed by atoms with Crippen molar-refractivity contribution in [1.82, 2.24) is 47.0 Å². The van der Waals surface area contributed by atoms with Crippen molar-refractivity contribution in [2.45, 2.75) is 72.2 Å². The number of aromatic nitrogens is 6. The monoisotopic (exact) mass is 2250 g/mol. The molecular weight excluding hydrogens is 2180 g/mol. The zero-order valence-electron chi connectivity index (χ0n) is 73.5. The van der Waals surface area contributed by atoms with Gasteiger partial charge in [0.25, 0.3) is 0 Å². The van der Waals surface area contributed by atoms with Gasteiger partial charge in [0.1, 0.15) is 25.9 Å². The summed E-state index contributed by atoms with van der Waals surface area (Å²) in [6, 6.07) is 68.7. The van der Waals surface area contributed by atoms with E-state index in [9.17, 15) is 123 Å². The van der Waals surface area contributed by atoms with Crippen molar-refractivity contribution in [2.75, 3.05) is 25.0 Å². The van der Waals surface area contributed by atoms with Crippen LogP contribution >= 0.6 is 0 Å². The van der Waals surface area contributed by atoms with E-state index in [-0.39, 0.29) is 189 Å². The number of nitrogens with one attached hydrogen (secondary N) is 4. The van der Waals surface area contributed by atoms with Crippen LogP contribution in [-0.4, -0.2) is 202 Å². The maximum absolute atomic E-state index is 12.0. The summed E-state index contributed by atoms with van der Waals surface area (Å²) in [5.74, 6) is -3.62. The number of hydrogen-bond acceptors (Lipinski definition) is 21. The molecule has 1 unspecified atom stereocenters. The first kappa shape index (κ1) is 128. The molecule has 54 heteroatoms. The van der Waals surface area contributed by atoms with E-state index in [0.29, 0.717) is 59.8 Å². The molecule has 0 amide bonds. The Labute approximate surface area is 869 Å². The Morgan fingerprint density at radius 3 is 0.950 bits per heavy atom. The average molecular weight is 2250 g/mol. The summed E-state index contributed by atoms with van der Waals surface area (Å²) in [7, 11) is -9.86. The molecule has 0 saturated heterocycles. The summed E-state index contributed by atoms with van der Waals surface area (Å²) in [6.07, 6.45) is -9.58. The molecule has 30 nitrogen and oxygen atoms in total. The van der Waals surface area contributed by atoms with Crippen molar-refractivity contribution >= 4 is 211 Å². The van der Waals surface area contributed by atoms with Gasteiger partial charge < -0.3 is 73.0 Å². The summed E-state index contributed by atoms with van der Waals surface area (Å²) in [5, 5.41) is 99.7. The van der Waals surface area contributed by atoms with Gasteiger partial charge in [-0.2, -0.15) is 19.6 Å². The molecular formula is C85H74Al2Be2F12Ga2N10O20S4Zn2+12. The largest absolute Gasteiger partial charge is 3.00 e. The van der Waals surface area contributed by atoms with E-state index >= 15 is 0 Å². The average Bonchev–Trinajstić information content (AvgIpc) is 1.70. The third-order valence-corrected chi connectivity index (χ3v) is 20.1. The molecule has 1 atom stereocenters. The molecule has 6 heterocycles. The number of benzene rings is 10. The summed E-state index contributed by atoms with van der Waals surface area (Å²) < 4.78 is 251. The number of fused-ring (bicyclic) bond motifs is 7. The molecule has 10 aromatic carbocycles. The summed E-state index contributed by atoms with van der Waals surface area (Å²) in [5.41, 5.74) is 6.25. The molecule has 0 radical (unpaired) electrons. The topological polar surface area (TPSA) is 428 Å². The zero-order chi connectivity index (χ0) is 96.0. The van der Waals surface area contributed by atoms with E-state index in [1.54, 1.807) is 158 Å². The molecule has 139 heavy (non-hydrogen) atoms. The van der Waals surface area contributed by atoms with Gasteiger partial charge >= 0.3 is 159 Å². The molecule has 0 aliphatic rings. The number of para-hydroxylation sites is 3. The molecule has 0 saturated carbocycles. The fraction of sp³-hybridized carbons (Fsp3) is 0.176. The van der Waals surface area contributed by atoms with Crippen molar-refractivity contribution < 1.29 is 185 Å². The number of nitrogens with zero attached hydrogens (tertiary/aromatic N) is 6. The minimum absolute atomic E-state index is 0. The van der Waals surface area contributed by atoms with Crippen molar-refractivity contribution in [3.8, 4) is 63.7 Å². The van der Waals surface area contributed by atoms with E-state index < -0.39 is 116 Å². The number of hydrogen-bond donors (Lipinski definition) is 4. The molecule has 16 rings (SSSR count). The van der Waals surface area contributed by atoms with Crippen LogP contribution in [0.1, 0.15) is 5.56 Å². The first-order chi connectivity index (χ1) is 61.5. The molecule has 4 N–H and O–H groups in total. The van der Waals surface area contributed by atoms with Crippen LogP contribution in [0.4, 0.5) is 52.7 Å². The van der Waals surface area contributed by atoms with Gasteiger partial charge in [-0.3, -0.25) is 14.2 Å². The summed E-state index contributed by atoms with van der Waals surface area (Å²) in [6.45, 7) is -2.35. The van der Waals surface area contributed by atoms with Gasteiger partial charge in [-0.15, -0.1) is 58.4 Å². The minimum Gasteiger partial charge on any atom is -0.872 e. The number of halogens is 12. The number of sulfonamides is 3. The molecule has 0 aliphatic heterocycles. The molecule has 700 valence electrons. The second-order valence-corrected chi connectivity index (χ2v) is 33.9. The van der Waals surface area contributed by atoms with Gasteiger partial charge in [-0.25, -0.2) is 33.7 Å². The summed E-state index contributed by atoms with van der Waals surface area (Å²) >= 11 is -1.39. The third kappa shape index (κ3) is 40.9. The van der Waals surface area contributed by atoms with Gasteiger partial charge in [0, 0.05) is 47.9 Å². The van der Waals surface area contributed by atoms with Gasteiger partial charge in [0.15, 0.2) is 11.1 Å². The number of alkyl halides is 12. The molecule has 0 bridgehead atoms. The van der Waals surface area contributed by atoms with Crippen LogP contribution in [0.5, 0.6) is 52.5 Å². The van der Waals surface area contributed by atoms with Crippen LogP contribution in [0, 0.1) is 0 Å². The van der Waals surface area contributed by atoms with Crippen molar-refractivity contribution in [3.05, 3.63) is 273 Å². The molecule has 0 aliphatic carbocycles. The van der Waals surface area contributed by atoms with E-state index in [2.05, 4.69) is 38.6 Å². The Kier molecular flexibility index (Phi) is 52.4. The van der Waals surface area contributed by atoms with Crippen LogP contribution in [0.15, 0.2) is 267 Å². The van der Waals surface area contributed by atoms with Crippen molar-refractivity contribution in [2.24, 2.45) is 0 Å². The number of ether oxygens (including phenoxy) is 4. The second-order valence-electron chi connectivity index (χ2n) is 27.4. The standard InChI is InChI=1S/C14H15NO3S.C11H7F3O2.3C10H8F3NO2.3C10H12N2O3S.2Al.2Be.2Ga.2Zn/c1-19(17)18-15-10-13-8-7-12(9-14(13)16)11-5-3-2-4-6-11;12-11(13,14)16-9-6-5-7-3-1-2-4-8(7)10(9)15;3*11-10(12,13)16-6-14-8-4-2-1-3-7(8)5-9(14)15;3*1-16(14,15)11-7-12-6-8-4-2-3-5-9(8)10(12)13;;;;;;;;/h2-9,15-16H,10H2,1H3;1-6,15H;3*1-5,15H,6H2;3*2-6,11,13H,7H2,1H3;;;;;;;;/q;;;;;;;;2*+3;2*+2;2*+3;2*+2/p-8. The minimum atomic E-state index is -4.85. The predicted molar refractivity (Wildman–Crippen MR) is 482 cm³/mol. The van der Waals surface area contributed by atoms with Gasteiger partial charge in [-0.05, 0) is 154 Å². The van der Waals surface area contributed by atoms with Gasteiger partial charge in [0.2, 0.25) is 30.1 Å². The first-order valence-electron chi connectivity index (χ1n) is 37.5. The van der Waals surface area contributed by atoms with Crippen LogP contribution < -0.4 is 65.2 Å². The Balaban J connectivity index is 0.000000788. The number of rotatable bonds is 21. The Morgan fingerprint density at radius 2 is 0.655 bits per heavy atom. The SMILES string of the molecule is CS(=O)(=O)NCn1cc2ccccc2c1[O-].CS(=O)(=O)NCn1cc2ccccc2c1[O-].CS(=O)(=O)NCn1cc2ccccc2c1[O-].CS(=O)ONCc1ccc(-c2ccccc2)cc1[O-].[Al+3].[Al+3].[Be+2].[Be+2].[Ga+3].[Ga+3].[O-]c1c(OC(F)(F)F)ccc2ccccc12.[O-]c1cc2ccccc2n1COC(F)(F)F.[O-]c1cc2ccccc2n1COC(F)(F)F.[O-]c1cc2ccccc2n1COC(F)(F)F.[Zn+2].[Zn+2]. The van der Waals surface area contributed by atoms with Crippen molar-refractivity contribution in [3.63, 3.8) is 0 Å². The van der Waals surface area contributed by atoms with Crippen LogP contribution in [0.2, 0.25) is 0 Å². The van der Waals surface area contributed by atoms with Crippen molar-refractivity contribution in [1.29, 1.82) is 0 Å². The van der Waals surface area contributed by atoms with Gasteiger partial charge in [0.05, 0.1) is 38.8 Å². The number of hydroxylamine groups is 1. The predicted octanol–water partition coefficient (Wildman–Crippen LogP) is 9.56. The fourth-order valence-electron chi connectivity index (χ4n) is 12.0. The van der Waals surface area contributed by atoms with Gasteiger partial charge in [-0.1, -0.05) is 212 Å². The smallest absolute Gasteiger partial charge is 0.872 e. The van der Waals surface area contributed by atoms with Crippen LogP contribution in [0.3, 0.4) is 0 Å². The maximum Gasteiger partial charge on any atom is 3.00 e. The fourth-order valence-corrected chi connectivity index (χ4v) is 13.3. The molecule has 6 aromatic heterocycles. The first-order valence-corrected chi connectivity index (χ1v) is 44.6.